The van der Waals surface area contributed by atoms with Crippen LogP contribution in [0.15, 0.2) is 36.7 Å². The summed E-state index contributed by atoms with van der Waals surface area (Å²) < 4.78 is 33.6. The van der Waals surface area contributed by atoms with Crippen LogP contribution in [0.2, 0.25) is 0 Å². The summed E-state index contributed by atoms with van der Waals surface area (Å²) >= 11 is 0. The minimum atomic E-state index is -1.09. The minimum absolute atomic E-state index is 0.0864. The van der Waals surface area contributed by atoms with Gasteiger partial charge in [-0.2, -0.15) is 0 Å². The topological polar surface area (TPSA) is 97.3 Å². The predicted octanol–water partition coefficient (Wildman–Crippen LogP) is 2.84. The molecule has 0 bridgehead atoms. The van der Waals surface area contributed by atoms with Gasteiger partial charge in [0.15, 0.2) is 11.6 Å². The van der Waals surface area contributed by atoms with Crippen molar-refractivity contribution in [3.05, 3.63) is 65.2 Å². The maximum absolute atomic E-state index is 14.6. The number of hydrogen-bond acceptors (Lipinski definition) is 6. The summed E-state index contributed by atoms with van der Waals surface area (Å²) in [7, 11) is 1.45. The van der Waals surface area contributed by atoms with E-state index < -0.39 is 29.5 Å². The van der Waals surface area contributed by atoms with E-state index in [2.05, 4.69) is 20.3 Å². The number of rotatable bonds is 4. The Morgan fingerprint density at radius 3 is 2.76 bits per heavy atom. The average molecular weight is 453 g/mol. The third kappa shape index (κ3) is 4.36. The molecule has 1 aliphatic heterocycles. The molecule has 1 atom stereocenters. The van der Waals surface area contributed by atoms with Crippen molar-refractivity contribution in [2.45, 2.75) is 26.3 Å². The van der Waals surface area contributed by atoms with E-state index in [0.29, 0.717) is 17.7 Å². The number of nitrogens with zero attached hydrogens (tertiary/aromatic N) is 4. The zero-order chi connectivity index (χ0) is 23.7. The van der Waals surface area contributed by atoms with Gasteiger partial charge in [0.1, 0.15) is 24.3 Å². The number of anilines is 1. The van der Waals surface area contributed by atoms with Crippen LogP contribution in [-0.4, -0.2) is 46.5 Å². The summed E-state index contributed by atoms with van der Waals surface area (Å²) in [5.41, 5.74) is 1.99. The van der Waals surface area contributed by atoms with Gasteiger partial charge in [0.2, 0.25) is 5.82 Å². The number of likely N-dealkylation sites (N-methyl/N-ethyl adjacent to an activating group) is 1. The van der Waals surface area contributed by atoms with Gasteiger partial charge in [0, 0.05) is 24.9 Å². The Hall–Kier alpha value is -3.95. The summed E-state index contributed by atoms with van der Waals surface area (Å²) in [6.45, 7) is 3.41. The fourth-order valence-corrected chi connectivity index (χ4v) is 3.50. The Balaban J connectivity index is 1.61. The standard InChI is InChI=1S/C23H21F2N5O3/c1-4-13-9-26-20(29-19(13)15-6-5-12(2)7-16(15)25)22(31)28-17-11-33-18-8-14(24)10-27-21(18)30(3)23(17)32/h5-10,17H,4,11H2,1-3H3,(H,28,31)/t17-/m0/s1. The van der Waals surface area contributed by atoms with Gasteiger partial charge in [-0.3, -0.25) is 14.5 Å². The molecule has 0 fully saturated rings. The van der Waals surface area contributed by atoms with Gasteiger partial charge >= 0.3 is 0 Å². The quantitative estimate of drug-likeness (QED) is 0.653. The first kappa shape index (κ1) is 22.3. The molecule has 2 aromatic heterocycles. The first-order chi connectivity index (χ1) is 15.8. The second kappa shape index (κ2) is 8.89. The largest absolute Gasteiger partial charge is 0.487 e. The van der Waals surface area contributed by atoms with Crippen LogP contribution in [0.25, 0.3) is 11.3 Å². The van der Waals surface area contributed by atoms with Crippen molar-refractivity contribution in [2.24, 2.45) is 0 Å². The number of carbonyl (C=O) groups is 2. The third-order valence-corrected chi connectivity index (χ3v) is 5.28. The van der Waals surface area contributed by atoms with Crippen LogP contribution in [0.4, 0.5) is 14.6 Å². The molecule has 1 aliphatic rings. The van der Waals surface area contributed by atoms with E-state index >= 15 is 0 Å². The maximum atomic E-state index is 14.6. The van der Waals surface area contributed by atoms with Crippen molar-refractivity contribution in [3.63, 3.8) is 0 Å². The molecule has 0 radical (unpaired) electrons. The van der Waals surface area contributed by atoms with E-state index in [-0.39, 0.29) is 29.6 Å². The van der Waals surface area contributed by atoms with Gasteiger partial charge in [-0.25, -0.2) is 23.7 Å². The lowest BCUT2D eigenvalue weighted by atomic mass is 10.0. The number of hydrogen-bond donors (Lipinski definition) is 1. The minimum Gasteiger partial charge on any atom is -0.487 e. The molecule has 3 heterocycles. The summed E-state index contributed by atoms with van der Waals surface area (Å²) in [6.07, 6.45) is 2.97. The summed E-state index contributed by atoms with van der Waals surface area (Å²) in [6, 6.07) is 4.78. The third-order valence-electron chi connectivity index (χ3n) is 5.28. The Morgan fingerprint density at radius 2 is 2.03 bits per heavy atom. The fourth-order valence-electron chi connectivity index (χ4n) is 3.50. The number of benzene rings is 1. The fraction of sp³-hybridized carbons (Fsp3) is 0.261. The van der Waals surface area contributed by atoms with Gasteiger partial charge in [0.05, 0.1) is 11.9 Å². The van der Waals surface area contributed by atoms with Crippen molar-refractivity contribution in [1.82, 2.24) is 20.3 Å². The predicted molar refractivity (Wildman–Crippen MR) is 116 cm³/mol. The Kier molecular flexibility index (Phi) is 5.99. The molecule has 4 rings (SSSR count). The molecular weight excluding hydrogens is 432 g/mol. The molecule has 0 spiro atoms. The van der Waals surface area contributed by atoms with Crippen molar-refractivity contribution in [1.29, 1.82) is 0 Å². The molecule has 0 saturated carbocycles. The van der Waals surface area contributed by atoms with Crippen LogP contribution < -0.4 is 15.0 Å². The number of pyridine rings is 1. The number of carbonyl (C=O) groups excluding carboxylic acids is 2. The molecule has 1 aromatic carbocycles. The Labute approximate surface area is 188 Å². The first-order valence-corrected chi connectivity index (χ1v) is 10.3. The molecule has 0 saturated heterocycles. The smallest absolute Gasteiger partial charge is 0.289 e. The van der Waals surface area contributed by atoms with Crippen LogP contribution in [0.5, 0.6) is 5.75 Å². The van der Waals surface area contributed by atoms with E-state index in [1.807, 2.05) is 6.92 Å². The molecule has 3 aromatic rings. The number of amides is 2. The molecule has 33 heavy (non-hydrogen) atoms. The molecular formula is C23H21F2N5O3. The van der Waals surface area contributed by atoms with Crippen LogP contribution in [0.3, 0.4) is 0 Å². The van der Waals surface area contributed by atoms with Gasteiger partial charge in [-0.1, -0.05) is 13.0 Å². The zero-order valence-electron chi connectivity index (χ0n) is 18.2. The second-order valence-corrected chi connectivity index (χ2v) is 7.61. The molecule has 0 aliphatic carbocycles. The number of nitrogens with one attached hydrogen (secondary N) is 1. The van der Waals surface area contributed by atoms with E-state index in [1.54, 1.807) is 19.1 Å². The van der Waals surface area contributed by atoms with Crippen LogP contribution >= 0.6 is 0 Å². The highest BCUT2D eigenvalue weighted by atomic mass is 19.1. The van der Waals surface area contributed by atoms with Gasteiger partial charge in [0.25, 0.3) is 11.8 Å². The zero-order valence-corrected chi connectivity index (χ0v) is 18.2. The second-order valence-electron chi connectivity index (χ2n) is 7.61. The summed E-state index contributed by atoms with van der Waals surface area (Å²) in [5.74, 6) is -2.30. The lowest BCUT2D eigenvalue weighted by Gasteiger charge is -2.19. The van der Waals surface area contributed by atoms with Gasteiger partial charge in [-0.05, 0) is 36.6 Å². The van der Waals surface area contributed by atoms with Crippen LogP contribution in [0.1, 0.15) is 28.7 Å². The molecule has 170 valence electrons. The average Bonchev–Trinajstić information content (AvgIpc) is 2.90. The van der Waals surface area contributed by atoms with E-state index in [9.17, 15) is 18.4 Å². The van der Waals surface area contributed by atoms with Crippen molar-refractivity contribution >= 4 is 17.6 Å². The molecule has 8 nitrogen and oxygen atoms in total. The first-order valence-electron chi connectivity index (χ1n) is 10.3. The lowest BCUT2D eigenvalue weighted by molar-refractivity contribution is -0.120. The molecule has 1 N–H and O–H groups in total. The van der Waals surface area contributed by atoms with Crippen LogP contribution in [0, 0.1) is 18.6 Å². The Morgan fingerprint density at radius 1 is 1.24 bits per heavy atom. The highest BCUT2D eigenvalue weighted by Gasteiger charge is 2.32. The number of fused-ring (bicyclic) bond motifs is 1. The van der Waals surface area contributed by atoms with E-state index in [4.69, 9.17) is 4.74 Å². The lowest BCUT2D eigenvalue weighted by Crippen LogP contribution is -2.49. The monoisotopic (exact) mass is 453 g/mol. The van der Waals surface area contributed by atoms with Crippen molar-refractivity contribution in [2.75, 3.05) is 18.6 Å². The van der Waals surface area contributed by atoms with E-state index in [1.165, 1.54) is 24.2 Å². The number of aryl methyl sites for hydroxylation is 2. The Bertz CT molecular complexity index is 1250. The van der Waals surface area contributed by atoms with Gasteiger partial charge in [-0.15, -0.1) is 0 Å². The number of halogens is 2. The normalized spacial score (nSPS) is 15.5. The number of aromatic nitrogens is 3. The maximum Gasteiger partial charge on any atom is 0.289 e. The van der Waals surface area contributed by atoms with Gasteiger partial charge < -0.3 is 10.1 Å². The van der Waals surface area contributed by atoms with E-state index in [0.717, 1.165) is 17.8 Å². The molecule has 2 amide bonds. The van der Waals surface area contributed by atoms with Crippen molar-refractivity contribution < 1.29 is 23.1 Å². The van der Waals surface area contributed by atoms with Crippen LogP contribution in [-0.2, 0) is 11.2 Å². The SMILES string of the molecule is CCc1cnc(C(=O)N[C@H]2COc3cc(F)cnc3N(C)C2=O)nc1-c1ccc(C)cc1F. The number of ether oxygens (including phenoxy) is 1. The highest BCUT2D eigenvalue weighted by Crippen LogP contribution is 2.29. The molecule has 10 heteroatoms. The summed E-state index contributed by atoms with van der Waals surface area (Å²) in [4.78, 5) is 39.2. The molecule has 0 unspecified atom stereocenters. The summed E-state index contributed by atoms with van der Waals surface area (Å²) in [5, 5.41) is 2.55. The highest BCUT2D eigenvalue weighted by molar-refractivity contribution is 6.01. The van der Waals surface area contributed by atoms with Crippen molar-refractivity contribution in [3.8, 4) is 17.0 Å².